The number of hydrogen-bond acceptors (Lipinski definition) is 8. The average Bonchev–Trinajstić information content (AvgIpc) is 3.13. The number of imide groups is 2. The molecule has 0 radical (unpaired) electrons. The van der Waals surface area contributed by atoms with Crippen LogP contribution < -0.4 is 0 Å². The molecule has 30 heavy (non-hydrogen) atoms. The van der Waals surface area contributed by atoms with Gasteiger partial charge in [0.15, 0.2) is 0 Å². The highest BCUT2D eigenvalue weighted by Crippen LogP contribution is 2.10. The van der Waals surface area contributed by atoms with Crippen LogP contribution >= 0.6 is 14.1 Å². The maximum Gasteiger partial charge on any atom is 0.253 e. The van der Waals surface area contributed by atoms with Crippen LogP contribution in [0.4, 0.5) is 0 Å². The molecule has 0 atom stereocenters. The second-order valence-electron chi connectivity index (χ2n) is 5.39. The number of carbonyl (C=O) groups is 6. The fraction of sp³-hybridized carbons (Fsp3) is 0.444. The first-order valence-electron chi connectivity index (χ1n) is 7.85. The van der Waals surface area contributed by atoms with Gasteiger partial charge in [0.2, 0.25) is 0 Å². The van der Waals surface area contributed by atoms with Crippen LogP contribution in [0, 0.1) is 0 Å². The van der Waals surface area contributed by atoms with Gasteiger partial charge in [-0.25, -0.2) is 0 Å². The first-order valence-corrected chi connectivity index (χ1v) is 12.4. The molecule has 2 heterocycles. The SMILES string of the molecule is C.C.CC(=O)CCN1C(=O)C=CC1=O.CC(=O)CCN1C(=O)C=CC1=O.S=PP=S. The molecule has 0 aromatic carbocycles. The van der Waals surface area contributed by atoms with Gasteiger partial charge in [-0.05, 0) is 37.5 Å². The number of ketones is 2. The molecule has 0 N–H and O–H groups in total. The van der Waals surface area contributed by atoms with Gasteiger partial charge in [-0.3, -0.25) is 38.6 Å². The molecule has 0 aromatic heterocycles. The lowest BCUT2D eigenvalue weighted by Crippen LogP contribution is -2.31. The smallest absolute Gasteiger partial charge is 0.253 e. The van der Waals surface area contributed by atoms with E-state index < -0.39 is 0 Å². The summed E-state index contributed by atoms with van der Waals surface area (Å²) >= 11 is 8.82. The molecule has 0 fully saturated rings. The Morgan fingerprint density at radius 2 is 0.933 bits per heavy atom. The lowest BCUT2D eigenvalue weighted by atomic mass is 10.3. The third-order valence-electron chi connectivity index (χ3n) is 3.21. The van der Waals surface area contributed by atoms with E-state index in [1.165, 1.54) is 38.2 Å². The second-order valence-corrected chi connectivity index (χ2v) is 9.64. The molecular weight excluding hydrogens is 466 g/mol. The minimum atomic E-state index is -0.332. The van der Waals surface area contributed by atoms with Crippen LogP contribution in [0.3, 0.4) is 0 Å². The van der Waals surface area contributed by atoms with Crippen molar-refractivity contribution in [2.45, 2.75) is 41.5 Å². The summed E-state index contributed by atoms with van der Waals surface area (Å²) in [6, 6.07) is 0. The molecule has 12 heteroatoms. The van der Waals surface area contributed by atoms with E-state index >= 15 is 0 Å². The van der Waals surface area contributed by atoms with Crippen LogP contribution in [0.5, 0.6) is 0 Å². The zero-order valence-electron chi connectivity index (χ0n) is 15.2. The number of rotatable bonds is 7. The quantitative estimate of drug-likeness (QED) is 0.394. The molecule has 2 rings (SSSR count). The van der Waals surface area contributed by atoms with Crippen molar-refractivity contribution in [3.05, 3.63) is 24.3 Å². The standard InChI is InChI=1S/2C8H9NO3.2CH4.P2S2/c2*1-6(10)4-5-9-7(11)2-3-8(9)12;;;3-1-2-4/h2*2-3H,4-5H2,1H3;2*1H4;. The van der Waals surface area contributed by atoms with Gasteiger partial charge < -0.3 is 0 Å². The van der Waals surface area contributed by atoms with E-state index in [-0.39, 0.29) is 76.0 Å². The summed E-state index contributed by atoms with van der Waals surface area (Å²) in [5.74, 6) is -1.38. The number of Topliss-reactive ketones (excluding diaryl/α,β-unsaturated/α-hetero) is 2. The Bertz CT molecular complexity index is 655. The molecule has 0 aromatic rings. The van der Waals surface area contributed by atoms with Crippen molar-refractivity contribution in [3.63, 3.8) is 0 Å². The van der Waals surface area contributed by atoms with Crippen molar-refractivity contribution in [1.82, 2.24) is 9.80 Å². The van der Waals surface area contributed by atoms with Gasteiger partial charge in [0.1, 0.15) is 11.6 Å². The van der Waals surface area contributed by atoms with Crippen molar-refractivity contribution in [2.24, 2.45) is 0 Å². The molecule has 0 bridgehead atoms. The van der Waals surface area contributed by atoms with E-state index in [1.54, 1.807) is 0 Å². The van der Waals surface area contributed by atoms with Crippen LogP contribution in [0.1, 0.15) is 41.5 Å². The molecule has 0 aliphatic carbocycles. The van der Waals surface area contributed by atoms with Gasteiger partial charge in [0.25, 0.3) is 23.6 Å². The summed E-state index contributed by atoms with van der Waals surface area (Å²) in [7, 11) is 1.74. The topological polar surface area (TPSA) is 109 Å². The van der Waals surface area contributed by atoms with E-state index in [0.29, 0.717) is 0 Å². The first-order chi connectivity index (χ1) is 13.1. The fourth-order valence-corrected chi connectivity index (χ4v) is 1.84. The van der Waals surface area contributed by atoms with E-state index in [2.05, 4.69) is 23.6 Å². The molecule has 0 saturated carbocycles. The fourth-order valence-electron chi connectivity index (χ4n) is 1.84. The van der Waals surface area contributed by atoms with Crippen molar-refractivity contribution < 1.29 is 28.8 Å². The molecule has 8 nitrogen and oxygen atoms in total. The molecule has 2 aliphatic heterocycles. The lowest BCUT2D eigenvalue weighted by molar-refractivity contribution is -0.139. The Hall–Kier alpha value is -1.86. The van der Waals surface area contributed by atoms with Crippen molar-refractivity contribution in [3.8, 4) is 0 Å². The van der Waals surface area contributed by atoms with Gasteiger partial charge >= 0.3 is 0 Å². The third-order valence-corrected chi connectivity index (χ3v) is 5.88. The molecule has 0 unspecified atom stereocenters. The van der Waals surface area contributed by atoms with E-state index in [9.17, 15) is 28.8 Å². The summed E-state index contributed by atoms with van der Waals surface area (Å²) in [6.07, 6.45) is 5.31. The minimum Gasteiger partial charge on any atom is -0.300 e. The molecule has 2 aliphatic rings. The third kappa shape index (κ3) is 13.4. The Balaban J connectivity index is -0.000000391. The van der Waals surface area contributed by atoms with Gasteiger partial charge in [-0.15, -0.1) is 0 Å². The number of nitrogens with zero attached hydrogens (tertiary/aromatic N) is 2. The minimum absolute atomic E-state index is 0. The van der Waals surface area contributed by atoms with E-state index in [0.717, 1.165) is 23.9 Å². The predicted octanol–water partition coefficient (Wildman–Crippen LogP) is 2.77. The molecule has 0 saturated heterocycles. The maximum atomic E-state index is 10.9. The summed E-state index contributed by atoms with van der Waals surface area (Å²) in [4.78, 5) is 66.8. The Morgan fingerprint density at radius 1 is 0.700 bits per heavy atom. The first kappa shape index (κ1) is 32.8. The van der Waals surface area contributed by atoms with E-state index in [4.69, 9.17) is 0 Å². The summed E-state index contributed by atoms with van der Waals surface area (Å²) in [5, 5.41) is 0. The lowest BCUT2D eigenvalue weighted by Gasteiger charge is -2.11. The number of amides is 4. The molecular formula is C18H26N2O6P2S2. The maximum absolute atomic E-state index is 10.9. The Kier molecular flexibility index (Phi) is 19.6. The van der Waals surface area contributed by atoms with Gasteiger partial charge in [0.05, 0.1) is 0 Å². The van der Waals surface area contributed by atoms with Crippen molar-refractivity contribution in [2.75, 3.05) is 13.1 Å². The highest BCUT2D eigenvalue weighted by Gasteiger charge is 2.23. The van der Waals surface area contributed by atoms with Crippen LogP contribution in [0.2, 0.25) is 0 Å². The van der Waals surface area contributed by atoms with Crippen molar-refractivity contribution >= 4 is 72.9 Å². The van der Waals surface area contributed by atoms with Crippen LogP contribution in [0.25, 0.3) is 0 Å². The second kappa shape index (κ2) is 18.0. The van der Waals surface area contributed by atoms with Crippen LogP contribution in [-0.2, 0) is 52.4 Å². The number of carbonyl (C=O) groups excluding carboxylic acids is 6. The Morgan fingerprint density at radius 3 is 1.10 bits per heavy atom. The van der Waals surface area contributed by atoms with Gasteiger partial charge in [-0.1, -0.05) is 14.9 Å². The largest absolute Gasteiger partial charge is 0.300 e. The van der Waals surface area contributed by atoms with Gasteiger partial charge in [0, 0.05) is 64.3 Å². The highest BCUT2D eigenvalue weighted by atomic mass is 32.7. The molecule has 0 spiro atoms. The number of hydrogen-bond donors (Lipinski definition) is 0. The predicted molar refractivity (Wildman–Crippen MR) is 124 cm³/mol. The highest BCUT2D eigenvalue weighted by molar-refractivity contribution is 8.40. The van der Waals surface area contributed by atoms with Gasteiger partial charge in [-0.2, -0.15) is 0 Å². The summed E-state index contributed by atoms with van der Waals surface area (Å²) in [5.41, 5.74) is 0. The zero-order chi connectivity index (χ0) is 21.7. The van der Waals surface area contributed by atoms with E-state index in [1.807, 2.05) is 0 Å². The zero-order valence-corrected chi connectivity index (χ0v) is 18.6. The molecule has 4 amide bonds. The molecule has 166 valence electrons. The summed E-state index contributed by atoms with van der Waals surface area (Å²) in [6.45, 7) is 3.25. The average molecular weight is 492 g/mol. The van der Waals surface area contributed by atoms with Crippen molar-refractivity contribution in [1.29, 1.82) is 0 Å². The normalized spacial score (nSPS) is 13.9. The van der Waals surface area contributed by atoms with Crippen LogP contribution in [-0.4, -0.2) is 58.1 Å². The summed E-state index contributed by atoms with van der Waals surface area (Å²) < 4.78 is 0. The van der Waals surface area contributed by atoms with Crippen LogP contribution in [0.15, 0.2) is 24.3 Å². The Labute approximate surface area is 190 Å². The monoisotopic (exact) mass is 492 g/mol.